The predicted molar refractivity (Wildman–Crippen MR) is 126 cm³/mol. The molecule has 5 nitrogen and oxygen atoms in total. The number of aromatic hydroxyl groups is 1. The molecule has 0 saturated carbocycles. The number of halogens is 1. The molecule has 3 aromatic carbocycles. The fourth-order valence-corrected chi connectivity index (χ4v) is 2.97. The summed E-state index contributed by atoms with van der Waals surface area (Å²) in [5.74, 6) is 1.59. The van der Waals surface area contributed by atoms with Crippen LogP contribution >= 0.6 is 24.0 Å². The second-order valence-electron chi connectivity index (χ2n) is 6.39. The standard InChI is InChI=1S/C22H25N3O2.HI/c1-15(17-9-8-16-6-4-5-7-18(16)12-17)25-22(23-2)24-14-19-13-20(27-3)10-11-21(19)26;/h4-13,15,26H,14H2,1-3H3,(H2,23,24,25);1H. The van der Waals surface area contributed by atoms with Crippen LogP contribution < -0.4 is 15.4 Å². The van der Waals surface area contributed by atoms with Gasteiger partial charge in [0.05, 0.1) is 13.2 Å². The maximum atomic E-state index is 10.0. The first-order chi connectivity index (χ1) is 13.1. The summed E-state index contributed by atoms with van der Waals surface area (Å²) in [4.78, 5) is 4.28. The summed E-state index contributed by atoms with van der Waals surface area (Å²) in [5, 5.41) is 19.1. The highest BCUT2D eigenvalue weighted by Crippen LogP contribution is 2.23. The van der Waals surface area contributed by atoms with E-state index in [2.05, 4.69) is 52.9 Å². The number of phenols is 1. The number of methoxy groups -OCH3 is 1. The van der Waals surface area contributed by atoms with Gasteiger partial charge in [0, 0.05) is 19.2 Å². The number of nitrogens with one attached hydrogen (secondary N) is 2. The number of phenolic OH excluding ortho intramolecular Hbond substituents is 1. The van der Waals surface area contributed by atoms with E-state index in [9.17, 15) is 5.11 Å². The Bertz CT molecular complexity index is 959. The van der Waals surface area contributed by atoms with Crippen LogP contribution in [0.4, 0.5) is 0 Å². The van der Waals surface area contributed by atoms with E-state index in [-0.39, 0.29) is 35.8 Å². The molecule has 6 heteroatoms. The molecule has 0 spiro atoms. The van der Waals surface area contributed by atoms with Crippen LogP contribution in [0.15, 0.2) is 65.7 Å². The van der Waals surface area contributed by atoms with Crippen LogP contribution in [0, 0.1) is 0 Å². The van der Waals surface area contributed by atoms with Crippen molar-refractivity contribution < 1.29 is 9.84 Å². The van der Waals surface area contributed by atoms with Gasteiger partial charge >= 0.3 is 0 Å². The first-order valence-corrected chi connectivity index (χ1v) is 8.92. The fraction of sp³-hybridized carbons (Fsp3) is 0.227. The van der Waals surface area contributed by atoms with E-state index >= 15 is 0 Å². The van der Waals surface area contributed by atoms with Crippen molar-refractivity contribution in [3.8, 4) is 11.5 Å². The van der Waals surface area contributed by atoms with Crippen LogP contribution in [0.2, 0.25) is 0 Å². The van der Waals surface area contributed by atoms with Crippen LogP contribution in [-0.4, -0.2) is 25.2 Å². The lowest BCUT2D eigenvalue weighted by Crippen LogP contribution is -2.38. The Morgan fingerprint density at radius 3 is 2.54 bits per heavy atom. The minimum absolute atomic E-state index is 0. The van der Waals surface area contributed by atoms with Crippen LogP contribution in [0.5, 0.6) is 11.5 Å². The molecule has 3 N–H and O–H groups in total. The number of hydrogen-bond donors (Lipinski definition) is 3. The quantitative estimate of drug-likeness (QED) is 0.278. The summed E-state index contributed by atoms with van der Waals surface area (Å²) < 4.78 is 5.22. The van der Waals surface area contributed by atoms with Gasteiger partial charge in [0.25, 0.3) is 0 Å². The van der Waals surface area contributed by atoms with Gasteiger partial charge in [-0.1, -0.05) is 36.4 Å². The largest absolute Gasteiger partial charge is 0.508 e. The molecule has 0 heterocycles. The highest BCUT2D eigenvalue weighted by atomic mass is 127. The Morgan fingerprint density at radius 1 is 1.07 bits per heavy atom. The van der Waals surface area contributed by atoms with Gasteiger partial charge < -0.3 is 20.5 Å². The van der Waals surface area contributed by atoms with E-state index in [1.165, 1.54) is 16.3 Å². The third kappa shape index (κ3) is 5.28. The molecule has 0 saturated heterocycles. The maximum Gasteiger partial charge on any atom is 0.191 e. The molecule has 0 aromatic heterocycles. The first kappa shape index (κ1) is 21.8. The Labute approximate surface area is 182 Å². The summed E-state index contributed by atoms with van der Waals surface area (Å²) in [7, 11) is 3.34. The maximum absolute atomic E-state index is 10.0. The zero-order chi connectivity index (χ0) is 19.2. The minimum atomic E-state index is 0. The van der Waals surface area contributed by atoms with Crippen molar-refractivity contribution in [3.05, 3.63) is 71.8 Å². The summed E-state index contributed by atoms with van der Waals surface area (Å²) >= 11 is 0. The monoisotopic (exact) mass is 491 g/mol. The number of ether oxygens (including phenoxy) is 1. The zero-order valence-electron chi connectivity index (χ0n) is 16.3. The lowest BCUT2D eigenvalue weighted by atomic mass is 10.0. The number of benzene rings is 3. The molecule has 0 fully saturated rings. The van der Waals surface area contributed by atoms with E-state index in [0.29, 0.717) is 18.3 Å². The van der Waals surface area contributed by atoms with Crippen molar-refractivity contribution in [2.75, 3.05) is 14.2 Å². The third-order valence-electron chi connectivity index (χ3n) is 4.58. The van der Waals surface area contributed by atoms with Gasteiger partial charge in [-0.3, -0.25) is 4.99 Å². The molecule has 0 aliphatic carbocycles. The number of nitrogens with zero attached hydrogens (tertiary/aromatic N) is 1. The van der Waals surface area contributed by atoms with Crippen LogP contribution in [0.3, 0.4) is 0 Å². The lowest BCUT2D eigenvalue weighted by Gasteiger charge is -2.19. The number of hydrogen-bond acceptors (Lipinski definition) is 3. The molecule has 1 atom stereocenters. The highest BCUT2D eigenvalue weighted by Gasteiger charge is 2.10. The molecular formula is C22H26IN3O2. The molecule has 0 aliphatic heterocycles. The molecule has 0 bridgehead atoms. The fourth-order valence-electron chi connectivity index (χ4n) is 2.97. The van der Waals surface area contributed by atoms with E-state index in [1.807, 2.05) is 18.2 Å². The molecule has 0 radical (unpaired) electrons. The smallest absolute Gasteiger partial charge is 0.191 e. The number of guanidine groups is 1. The average molecular weight is 491 g/mol. The van der Waals surface area contributed by atoms with E-state index in [1.54, 1.807) is 26.3 Å². The van der Waals surface area contributed by atoms with Crippen molar-refractivity contribution in [2.24, 2.45) is 4.99 Å². The topological polar surface area (TPSA) is 65.9 Å². The van der Waals surface area contributed by atoms with Gasteiger partial charge in [-0.2, -0.15) is 0 Å². The SMILES string of the molecule is CN=C(NCc1cc(OC)ccc1O)NC(C)c1ccc2ccccc2c1.I. The summed E-state index contributed by atoms with van der Waals surface area (Å²) in [5.41, 5.74) is 1.93. The number of fused-ring (bicyclic) bond motifs is 1. The second-order valence-corrected chi connectivity index (χ2v) is 6.39. The normalized spacial score (nSPS) is 12.2. The first-order valence-electron chi connectivity index (χ1n) is 8.92. The summed E-state index contributed by atoms with van der Waals surface area (Å²) in [6.07, 6.45) is 0. The van der Waals surface area contributed by atoms with Crippen molar-refractivity contribution in [2.45, 2.75) is 19.5 Å². The summed E-state index contributed by atoms with van der Waals surface area (Å²) in [6, 6.07) is 20.0. The number of rotatable bonds is 5. The molecule has 28 heavy (non-hydrogen) atoms. The summed E-state index contributed by atoms with van der Waals surface area (Å²) in [6.45, 7) is 2.53. The Balaban J connectivity index is 0.00000280. The van der Waals surface area contributed by atoms with Crippen LogP contribution in [0.1, 0.15) is 24.1 Å². The van der Waals surface area contributed by atoms with Gasteiger partial charge in [-0.25, -0.2) is 0 Å². The molecule has 1 unspecified atom stereocenters. The van der Waals surface area contributed by atoms with Gasteiger partial charge in [0.2, 0.25) is 0 Å². The highest BCUT2D eigenvalue weighted by molar-refractivity contribution is 14.0. The van der Waals surface area contributed by atoms with Gasteiger partial charge in [0.1, 0.15) is 11.5 Å². The predicted octanol–water partition coefficient (Wildman–Crippen LogP) is 4.60. The zero-order valence-corrected chi connectivity index (χ0v) is 18.6. The average Bonchev–Trinajstić information content (AvgIpc) is 2.71. The van der Waals surface area contributed by atoms with Gasteiger partial charge in [-0.15, -0.1) is 24.0 Å². The molecular weight excluding hydrogens is 465 g/mol. The number of aliphatic imine (C=N–C) groups is 1. The van der Waals surface area contributed by atoms with Crippen molar-refractivity contribution >= 4 is 40.7 Å². The van der Waals surface area contributed by atoms with E-state index in [0.717, 1.165) is 5.56 Å². The molecule has 3 rings (SSSR count). The van der Waals surface area contributed by atoms with Crippen molar-refractivity contribution in [3.63, 3.8) is 0 Å². The molecule has 3 aromatic rings. The van der Waals surface area contributed by atoms with E-state index < -0.39 is 0 Å². The Kier molecular flexibility index (Phi) is 7.92. The van der Waals surface area contributed by atoms with Crippen molar-refractivity contribution in [1.82, 2.24) is 10.6 Å². The molecule has 0 amide bonds. The Morgan fingerprint density at radius 2 is 1.82 bits per heavy atom. The Hall–Kier alpha value is -2.48. The lowest BCUT2D eigenvalue weighted by molar-refractivity contribution is 0.410. The molecule has 148 valence electrons. The molecule has 0 aliphatic rings. The van der Waals surface area contributed by atoms with Crippen LogP contribution in [-0.2, 0) is 6.54 Å². The van der Waals surface area contributed by atoms with Crippen LogP contribution in [0.25, 0.3) is 10.8 Å². The van der Waals surface area contributed by atoms with Gasteiger partial charge in [0.15, 0.2) is 5.96 Å². The van der Waals surface area contributed by atoms with Gasteiger partial charge in [-0.05, 0) is 47.5 Å². The minimum Gasteiger partial charge on any atom is -0.508 e. The van der Waals surface area contributed by atoms with E-state index in [4.69, 9.17) is 4.74 Å². The third-order valence-corrected chi connectivity index (χ3v) is 4.58. The van der Waals surface area contributed by atoms with Crippen molar-refractivity contribution in [1.29, 1.82) is 0 Å². The second kappa shape index (κ2) is 10.2.